The second-order valence-corrected chi connectivity index (χ2v) is 5.16. The molecule has 23 heavy (non-hydrogen) atoms. The molecule has 0 aliphatic carbocycles. The first kappa shape index (κ1) is 15.2. The van der Waals surface area contributed by atoms with E-state index in [2.05, 4.69) is 18.2 Å². The van der Waals surface area contributed by atoms with Gasteiger partial charge in [-0.2, -0.15) is 0 Å². The summed E-state index contributed by atoms with van der Waals surface area (Å²) in [6.45, 7) is 2.62. The highest BCUT2D eigenvalue weighted by atomic mass is 16.5. The van der Waals surface area contributed by atoms with Crippen molar-refractivity contribution in [1.82, 2.24) is 0 Å². The Morgan fingerprint density at radius 3 is 2.26 bits per heavy atom. The van der Waals surface area contributed by atoms with E-state index in [0.717, 1.165) is 28.0 Å². The third-order valence-corrected chi connectivity index (χ3v) is 3.86. The molecule has 0 unspecified atom stereocenters. The average molecular weight is 308 g/mol. The Kier molecular flexibility index (Phi) is 4.38. The Bertz CT molecular complexity index is 824. The van der Waals surface area contributed by atoms with E-state index >= 15 is 0 Å². The van der Waals surface area contributed by atoms with Gasteiger partial charge in [0.1, 0.15) is 5.75 Å². The van der Waals surface area contributed by atoms with Gasteiger partial charge in [0.15, 0.2) is 11.5 Å². The maximum absolute atomic E-state index is 5.86. The summed E-state index contributed by atoms with van der Waals surface area (Å²) in [6, 6.07) is 18.4. The van der Waals surface area contributed by atoms with Gasteiger partial charge in [-0.05, 0) is 41.5 Å². The van der Waals surface area contributed by atoms with Crippen molar-refractivity contribution in [3.8, 4) is 28.4 Å². The Labute approximate surface area is 136 Å². The van der Waals surface area contributed by atoms with Crippen LogP contribution >= 0.6 is 0 Å². The number of benzene rings is 3. The van der Waals surface area contributed by atoms with Gasteiger partial charge in [0.2, 0.25) is 0 Å². The van der Waals surface area contributed by atoms with Crippen LogP contribution < -0.4 is 14.2 Å². The summed E-state index contributed by atoms with van der Waals surface area (Å²) in [5.74, 6) is 2.30. The Hall–Kier alpha value is -2.68. The predicted molar refractivity (Wildman–Crippen MR) is 93.7 cm³/mol. The number of methoxy groups -OCH3 is 2. The van der Waals surface area contributed by atoms with Crippen molar-refractivity contribution in [3.63, 3.8) is 0 Å². The van der Waals surface area contributed by atoms with Crippen LogP contribution in [-0.2, 0) is 0 Å². The Balaban J connectivity index is 2.27. The molecule has 0 aliphatic rings. The molecule has 3 heteroatoms. The molecule has 3 nitrogen and oxygen atoms in total. The standard InChI is InChI=1S/C20H20O3/c1-4-23-18-12-9-14-7-5-6-8-16(14)20(18)15-10-11-17(21-2)19(13-15)22-3/h5-13H,4H2,1-3H3. The number of ether oxygens (including phenoxy) is 3. The molecule has 0 bridgehead atoms. The molecule has 3 aromatic rings. The van der Waals surface area contributed by atoms with Gasteiger partial charge in [-0.1, -0.05) is 36.4 Å². The van der Waals surface area contributed by atoms with E-state index in [1.807, 2.05) is 43.3 Å². The third kappa shape index (κ3) is 2.82. The van der Waals surface area contributed by atoms with E-state index in [1.165, 1.54) is 5.39 Å². The molecular weight excluding hydrogens is 288 g/mol. The van der Waals surface area contributed by atoms with Crippen molar-refractivity contribution in [2.75, 3.05) is 20.8 Å². The van der Waals surface area contributed by atoms with E-state index in [4.69, 9.17) is 14.2 Å². The average Bonchev–Trinajstić information content (AvgIpc) is 2.61. The molecule has 3 rings (SSSR count). The van der Waals surface area contributed by atoms with Crippen LogP contribution in [0.15, 0.2) is 54.6 Å². The highest BCUT2D eigenvalue weighted by molar-refractivity contribution is 6.00. The number of fused-ring (bicyclic) bond motifs is 1. The monoisotopic (exact) mass is 308 g/mol. The predicted octanol–water partition coefficient (Wildman–Crippen LogP) is 4.92. The summed E-state index contributed by atoms with van der Waals surface area (Å²) < 4.78 is 16.6. The number of rotatable bonds is 5. The largest absolute Gasteiger partial charge is 0.493 e. The molecular formula is C20H20O3. The molecule has 118 valence electrons. The Morgan fingerprint density at radius 1 is 0.783 bits per heavy atom. The second-order valence-electron chi connectivity index (χ2n) is 5.16. The minimum atomic E-state index is 0.624. The summed E-state index contributed by atoms with van der Waals surface area (Å²) in [4.78, 5) is 0. The highest BCUT2D eigenvalue weighted by Crippen LogP contribution is 2.40. The van der Waals surface area contributed by atoms with Crippen molar-refractivity contribution in [1.29, 1.82) is 0 Å². The molecule has 0 radical (unpaired) electrons. The van der Waals surface area contributed by atoms with Crippen LogP contribution in [0.3, 0.4) is 0 Å². The molecule has 0 atom stereocenters. The van der Waals surface area contributed by atoms with Gasteiger partial charge in [-0.3, -0.25) is 0 Å². The van der Waals surface area contributed by atoms with Gasteiger partial charge in [0.05, 0.1) is 20.8 Å². The molecule has 0 aliphatic heterocycles. The first-order valence-electron chi connectivity index (χ1n) is 7.65. The minimum absolute atomic E-state index is 0.624. The van der Waals surface area contributed by atoms with Gasteiger partial charge >= 0.3 is 0 Å². The molecule has 3 aromatic carbocycles. The fraction of sp³-hybridized carbons (Fsp3) is 0.200. The SMILES string of the molecule is CCOc1ccc2ccccc2c1-c1ccc(OC)c(OC)c1. The summed E-state index contributed by atoms with van der Waals surface area (Å²) >= 11 is 0. The first-order chi connectivity index (χ1) is 11.3. The van der Waals surface area contributed by atoms with Crippen LogP contribution in [0.2, 0.25) is 0 Å². The van der Waals surface area contributed by atoms with Crippen molar-refractivity contribution in [3.05, 3.63) is 54.6 Å². The fourth-order valence-corrected chi connectivity index (χ4v) is 2.82. The van der Waals surface area contributed by atoms with E-state index in [1.54, 1.807) is 14.2 Å². The van der Waals surface area contributed by atoms with Crippen molar-refractivity contribution >= 4 is 10.8 Å². The zero-order chi connectivity index (χ0) is 16.2. The first-order valence-corrected chi connectivity index (χ1v) is 7.65. The van der Waals surface area contributed by atoms with Crippen molar-refractivity contribution in [2.24, 2.45) is 0 Å². The van der Waals surface area contributed by atoms with Gasteiger partial charge < -0.3 is 14.2 Å². The molecule has 0 aromatic heterocycles. The van der Waals surface area contributed by atoms with E-state index < -0.39 is 0 Å². The molecule has 0 amide bonds. The Morgan fingerprint density at radius 2 is 1.52 bits per heavy atom. The summed E-state index contributed by atoms with van der Waals surface area (Å²) in [7, 11) is 3.29. The van der Waals surface area contributed by atoms with Gasteiger partial charge in [-0.15, -0.1) is 0 Å². The third-order valence-electron chi connectivity index (χ3n) is 3.86. The van der Waals surface area contributed by atoms with E-state index in [9.17, 15) is 0 Å². The summed E-state index contributed by atoms with van der Waals surface area (Å²) in [5, 5.41) is 2.34. The topological polar surface area (TPSA) is 27.7 Å². The van der Waals surface area contributed by atoms with E-state index in [-0.39, 0.29) is 0 Å². The lowest BCUT2D eigenvalue weighted by molar-refractivity contribution is 0.342. The fourth-order valence-electron chi connectivity index (χ4n) is 2.82. The molecule has 0 saturated heterocycles. The lowest BCUT2D eigenvalue weighted by atomic mass is 9.97. The van der Waals surface area contributed by atoms with Gasteiger partial charge in [0.25, 0.3) is 0 Å². The van der Waals surface area contributed by atoms with Crippen LogP contribution in [0.25, 0.3) is 21.9 Å². The quantitative estimate of drug-likeness (QED) is 0.669. The molecule has 0 spiro atoms. The number of hydrogen-bond acceptors (Lipinski definition) is 3. The normalized spacial score (nSPS) is 10.6. The summed E-state index contributed by atoms with van der Waals surface area (Å²) in [6.07, 6.45) is 0. The van der Waals surface area contributed by atoms with Crippen molar-refractivity contribution < 1.29 is 14.2 Å². The van der Waals surface area contributed by atoms with Gasteiger partial charge in [0, 0.05) is 5.56 Å². The second kappa shape index (κ2) is 6.61. The number of hydrogen-bond donors (Lipinski definition) is 0. The van der Waals surface area contributed by atoms with E-state index in [0.29, 0.717) is 12.4 Å². The van der Waals surface area contributed by atoms with Crippen LogP contribution in [0.5, 0.6) is 17.2 Å². The van der Waals surface area contributed by atoms with Crippen LogP contribution in [0, 0.1) is 0 Å². The summed E-state index contributed by atoms with van der Waals surface area (Å²) in [5.41, 5.74) is 2.12. The van der Waals surface area contributed by atoms with Gasteiger partial charge in [-0.25, -0.2) is 0 Å². The maximum atomic E-state index is 5.86. The maximum Gasteiger partial charge on any atom is 0.161 e. The van der Waals surface area contributed by atoms with Crippen LogP contribution in [-0.4, -0.2) is 20.8 Å². The zero-order valence-corrected chi connectivity index (χ0v) is 13.6. The van der Waals surface area contributed by atoms with Crippen molar-refractivity contribution in [2.45, 2.75) is 6.92 Å². The molecule has 0 saturated carbocycles. The highest BCUT2D eigenvalue weighted by Gasteiger charge is 2.13. The lowest BCUT2D eigenvalue weighted by Crippen LogP contribution is -1.96. The zero-order valence-electron chi connectivity index (χ0n) is 13.6. The van der Waals surface area contributed by atoms with Crippen LogP contribution in [0.4, 0.5) is 0 Å². The molecule has 0 N–H and O–H groups in total. The lowest BCUT2D eigenvalue weighted by Gasteiger charge is -2.15. The smallest absolute Gasteiger partial charge is 0.161 e. The molecule has 0 fully saturated rings. The molecule has 0 heterocycles. The van der Waals surface area contributed by atoms with Crippen LogP contribution in [0.1, 0.15) is 6.92 Å². The minimum Gasteiger partial charge on any atom is -0.493 e.